The average molecular weight is 383 g/mol. The van der Waals surface area contributed by atoms with Crippen LogP contribution in [0.2, 0.25) is 4.34 Å². The van der Waals surface area contributed by atoms with E-state index in [-0.39, 0.29) is 10.8 Å². The van der Waals surface area contributed by atoms with Gasteiger partial charge in [0.1, 0.15) is 10.0 Å². The lowest BCUT2D eigenvalue weighted by Gasteiger charge is -2.23. The van der Waals surface area contributed by atoms with Gasteiger partial charge in [-0.15, -0.1) is 11.3 Å². The number of nitrogens with zero attached hydrogens (tertiary/aromatic N) is 2. The summed E-state index contributed by atoms with van der Waals surface area (Å²) in [6.07, 6.45) is 3.20. The van der Waals surface area contributed by atoms with Gasteiger partial charge >= 0.3 is 0 Å². The highest BCUT2D eigenvalue weighted by molar-refractivity contribution is 7.94. The zero-order chi connectivity index (χ0) is 17.2. The summed E-state index contributed by atoms with van der Waals surface area (Å²) >= 11 is 6.85. The number of pyridine rings is 1. The number of sulfonamides is 1. The standard InChI is InChI=1S/C16H12ClFN2O2S2/c17-15-7-8-16(23-15)24(21,22)20(11-12-2-1-9-19-10-12)14-5-3-13(18)4-6-14/h1-10H,11H2. The third-order valence-electron chi connectivity index (χ3n) is 3.26. The Balaban J connectivity index is 2.06. The number of halogens is 2. The van der Waals surface area contributed by atoms with Crippen LogP contribution < -0.4 is 4.31 Å². The first-order chi connectivity index (χ1) is 11.5. The molecule has 0 saturated carbocycles. The van der Waals surface area contributed by atoms with Crippen LogP contribution in [0.15, 0.2) is 65.1 Å². The molecule has 0 aliphatic carbocycles. The van der Waals surface area contributed by atoms with Crippen LogP contribution >= 0.6 is 22.9 Å². The van der Waals surface area contributed by atoms with Gasteiger partial charge < -0.3 is 0 Å². The first-order valence-corrected chi connectivity index (χ1v) is 9.53. The van der Waals surface area contributed by atoms with Gasteiger partial charge in [0.25, 0.3) is 10.0 Å². The average Bonchev–Trinajstić information content (AvgIpc) is 3.02. The van der Waals surface area contributed by atoms with Gasteiger partial charge in [-0.25, -0.2) is 12.8 Å². The molecule has 2 heterocycles. The van der Waals surface area contributed by atoms with E-state index in [1.165, 1.54) is 40.7 Å². The zero-order valence-electron chi connectivity index (χ0n) is 12.3. The molecule has 0 fully saturated rings. The first kappa shape index (κ1) is 16.9. The second-order valence-corrected chi connectivity index (χ2v) is 8.71. The molecule has 0 spiro atoms. The molecule has 124 valence electrons. The highest BCUT2D eigenvalue weighted by Crippen LogP contribution is 2.32. The smallest absolute Gasteiger partial charge is 0.264 e. The van der Waals surface area contributed by atoms with Crippen LogP contribution in [0.5, 0.6) is 0 Å². The molecule has 8 heteroatoms. The molecular weight excluding hydrogens is 371 g/mol. The third kappa shape index (κ3) is 3.58. The number of hydrogen-bond acceptors (Lipinski definition) is 4. The van der Waals surface area contributed by atoms with Crippen molar-refractivity contribution in [1.29, 1.82) is 0 Å². The fraction of sp³-hybridized carbons (Fsp3) is 0.0625. The van der Waals surface area contributed by atoms with E-state index >= 15 is 0 Å². The summed E-state index contributed by atoms with van der Waals surface area (Å²) in [4.78, 5) is 4.00. The quantitative estimate of drug-likeness (QED) is 0.659. The largest absolute Gasteiger partial charge is 0.274 e. The Bertz CT molecular complexity index is 928. The van der Waals surface area contributed by atoms with Crippen molar-refractivity contribution >= 4 is 38.6 Å². The van der Waals surface area contributed by atoms with Crippen LogP contribution in [0.4, 0.5) is 10.1 Å². The van der Waals surface area contributed by atoms with Crippen LogP contribution in [0.25, 0.3) is 0 Å². The molecule has 0 atom stereocenters. The third-order valence-corrected chi connectivity index (χ3v) is 6.73. The molecule has 0 aliphatic heterocycles. The van der Waals surface area contributed by atoms with Crippen molar-refractivity contribution in [3.8, 4) is 0 Å². The summed E-state index contributed by atoms with van der Waals surface area (Å²) in [6.45, 7) is 0.0807. The zero-order valence-corrected chi connectivity index (χ0v) is 14.7. The van der Waals surface area contributed by atoms with Crippen LogP contribution in [0, 0.1) is 5.82 Å². The Morgan fingerprint density at radius 1 is 1.12 bits per heavy atom. The van der Waals surface area contributed by atoms with Crippen molar-refractivity contribution in [2.75, 3.05) is 4.31 Å². The number of anilines is 1. The lowest BCUT2D eigenvalue weighted by molar-refractivity contribution is 0.592. The Hall–Kier alpha value is -1.96. The highest BCUT2D eigenvalue weighted by atomic mass is 35.5. The minimum Gasteiger partial charge on any atom is -0.264 e. The maximum absolute atomic E-state index is 13.2. The van der Waals surface area contributed by atoms with E-state index in [2.05, 4.69) is 4.98 Å². The van der Waals surface area contributed by atoms with Crippen molar-refractivity contribution in [3.63, 3.8) is 0 Å². The van der Waals surface area contributed by atoms with Crippen molar-refractivity contribution in [2.45, 2.75) is 10.8 Å². The molecule has 4 nitrogen and oxygen atoms in total. The summed E-state index contributed by atoms with van der Waals surface area (Å²) in [5.41, 5.74) is 1.08. The maximum atomic E-state index is 13.2. The van der Waals surface area contributed by atoms with Gasteiger partial charge in [0.15, 0.2) is 0 Å². The van der Waals surface area contributed by atoms with E-state index in [1.54, 1.807) is 24.5 Å². The molecule has 0 aliphatic rings. The van der Waals surface area contributed by atoms with E-state index in [1.807, 2.05) is 0 Å². The van der Waals surface area contributed by atoms with Crippen LogP contribution in [0.3, 0.4) is 0 Å². The van der Waals surface area contributed by atoms with E-state index in [4.69, 9.17) is 11.6 Å². The van der Waals surface area contributed by atoms with E-state index < -0.39 is 15.8 Å². The summed E-state index contributed by atoms with van der Waals surface area (Å²) in [5.74, 6) is -0.434. The predicted octanol–water partition coefficient (Wildman–Crippen LogP) is 4.33. The van der Waals surface area contributed by atoms with E-state index in [0.29, 0.717) is 15.6 Å². The Labute approximate surface area is 148 Å². The molecule has 0 N–H and O–H groups in total. The van der Waals surface area contributed by atoms with Crippen molar-refractivity contribution in [3.05, 3.63) is 76.6 Å². The summed E-state index contributed by atoms with van der Waals surface area (Å²) in [7, 11) is -3.83. The molecule has 2 aromatic heterocycles. The molecule has 0 unspecified atom stereocenters. The van der Waals surface area contributed by atoms with Crippen LogP contribution in [0.1, 0.15) is 5.56 Å². The predicted molar refractivity (Wildman–Crippen MR) is 93.3 cm³/mol. The Morgan fingerprint density at radius 2 is 1.88 bits per heavy atom. The number of hydrogen-bond donors (Lipinski definition) is 0. The minimum absolute atomic E-state index is 0.0807. The lowest BCUT2D eigenvalue weighted by atomic mass is 10.2. The number of aromatic nitrogens is 1. The van der Waals surface area contributed by atoms with Crippen molar-refractivity contribution in [1.82, 2.24) is 4.98 Å². The van der Waals surface area contributed by atoms with E-state index in [0.717, 1.165) is 11.3 Å². The Kier molecular flexibility index (Phi) is 4.84. The van der Waals surface area contributed by atoms with Gasteiger partial charge in [0.05, 0.1) is 16.6 Å². The van der Waals surface area contributed by atoms with Crippen LogP contribution in [-0.4, -0.2) is 13.4 Å². The molecule has 24 heavy (non-hydrogen) atoms. The van der Waals surface area contributed by atoms with Gasteiger partial charge in [0, 0.05) is 12.4 Å². The van der Waals surface area contributed by atoms with Gasteiger partial charge in [-0.05, 0) is 48.0 Å². The van der Waals surface area contributed by atoms with Crippen LogP contribution in [-0.2, 0) is 16.6 Å². The number of rotatable bonds is 5. The minimum atomic E-state index is -3.83. The molecule has 3 rings (SSSR count). The maximum Gasteiger partial charge on any atom is 0.274 e. The monoisotopic (exact) mass is 382 g/mol. The second kappa shape index (κ2) is 6.88. The molecule has 0 amide bonds. The Morgan fingerprint density at radius 3 is 2.46 bits per heavy atom. The van der Waals surface area contributed by atoms with Gasteiger partial charge in [-0.3, -0.25) is 9.29 Å². The molecule has 0 radical (unpaired) electrons. The normalized spacial score (nSPS) is 11.4. The summed E-state index contributed by atoms with van der Waals surface area (Å²) in [6, 6.07) is 11.8. The molecule has 0 bridgehead atoms. The van der Waals surface area contributed by atoms with Crippen molar-refractivity contribution in [2.24, 2.45) is 0 Å². The SMILES string of the molecule is O=S(=O)(c1ccc(Cl)s1)N(Cc1cccnc1)c1ccc(F)cc1. The highest BCUT2D eigenvalue weighted by Gasteiger charge is 2.27. The number of thiophene rings is 1. The van der Waals surface area contributed by atoms with Gasteiger partial charge in [-0.1, -0.05) is 17.7 Å². The van der Waals surface area contributed by atoms with Gasteiger partial charge in [0.2, 0.25) is 0 Å². The lowest BCUT2D eigenvalue weighted by Crippen LogP contribution is -2.30. The number of benzene rings is 1. The topological polar surface area (TPSA) is 50.3 Å². The van der Waals surface area contributed by atoms with Crippen molar-refractivity contribution < 1.29 is 12.8 Å². The first-order valence-electron chi connectivity index (χ1n) is 6.89. The molecule has 3 aromatic rings. The fourth-order valence-electron chi connectivity index (χ4n) is 2.12. The molecular formula is C16H12ClFN2O2S2. The molecule has 0 saturated heterocycles. The van der Waals surface area contributed by atoms with E-state index in [9.17, 15) is 12.8 Å². The summed E-state index contributed by atoms with van der Waals surface area (Å²) < 4.78 is 40.9. The molecule has 1 aromatic carbocycles. The second-order valence-electron chi connectivity index (χ2n) is 4.91. The fourth-order valence-corrected chi connectivity index (χ4v) is 5.17. The van der Waals surface area contributed by atoms with Gasteiger partial charge in [-0.2, -0.15) is 0 Å². The summed E-state index contributed by atoms with van der Waals surface area (Å²) in [5, 5.41) is 0.